The number of hydrogen-bond donors (Lipinski definition) is 1. The Morgan fingerprint density at radius 2 is 2.00 bits per heavy atom. The summed E-state index contributed by atoms with van der Waals surface area (Å²) in [5.41, 5.74) is -0.0899. The summed E-state index contributed by atoms with van der Waals surface area (Å²) >= 11 is 0. The van der Waals surface area contributed by atoms with Crippen LogP contribution in [0, 0.1) is 0 Å². The Morgan fingerprint density at radius 3 is 2.35 bits per heavy atom. The van der Waals surface area contributed by atoms with Gasteiger partial charge in [0, 0.05) is 0 Å². The third-order valence-electron chi connectivity index (χ3n) is 4.10. The lowest BCUT2D eigenvalue weighted by Crippen LogP contribution is -2.45. The Bertz CT molecular complexity index is 287. The van der Waals surface area contributed by atoms with Crippen molar-refractivity contribution in [1.29, 1.82) is 0 Å². The molecule has 5 heteroatoms. The van der Waals surface area contributed by atoms with Crippen molar-refractivity contribution in [3.8, 4) is 0 Å². The second kappa shape index (κ2) is 5.24. The van der Waals surface area contributed by atoms with Crippen molar-refractivity contribution in [1.82, 2.24) is 4.57 Å². The molecule has 0 radical (unpaired) electrons. The standard InChI is InChI=1S/C12H27NO2Si2/c1-16(2,3)11(12(14)15)7-9-13-8-6-10-17(13,4)5/h11H,6-10H2,1-5H3,(H,14,15). The van der Waals surface area contributed by atoms with Gasteiger partial charge >= 0.3 is 5.97 Å². The first kappa shape index (κ1) is 14.9. The van der Waals surface area contributed by atoms with Crippen molar-refractivity contribution in [3.05, 3.63) is 0 Å². The fourth-order valence-electron chi connectivity index (χ4n) is 2.79. The molecule has 1 fully saturated rings. The minimum Gasteiger partial charge on any atom is -0.481 e. The quantitative estimate of drug-likeness (QED) is 0.783. The van der Waals surface area contributed by atoms with Crippen LogP contribution in [-0.2, 0) is 4.79 Å². The molecule has 1 aliphatic rings. The number of aliphatic carboxylic acids is 1. The number of carboxylic acids is 1. The van der Waals surface area contributed by atoms with Gasteiger partial charge < -0.3 is 9.67 Å². The van der Waals surface area contributed by atoms with Gasteiger partial charge in [-0.25, -0.2) is 0 Å². The first-order valence-electron chi connectivity index (χ1n) is 6.62. The number of carboxylic acid groups (broad SMARTS) is 1. The minimum absolute atomic E-state index is 0.0899. The van der Waals surface area contributed by atoms with Gasteiger partial charge in [0.1, 0.15) is 8.24 Å². The van der Waals surface area contributed by atoms with Crippen molar-refractivity contribution in [2.75, 3.05) is 13.1 Å². The van der Waals surface area contributed by atoms with E-state index in [1.165, 1.54) is 19.0 Å². The first-order valence-corrected chi connectivity index (χ1v) is 13.4. The summed E-state index contributed by atoms with van der Waals surface area (Å²) < 4.78 is 2.60. The highest BCUT2D eigenvalue weighted by Gasteiger charge is 2.37. The van der Waals surface area contributed by atoms with Crippen molar-refractivity contribution < 1.29 is 9.90 Å². The lowest BCUT2D eigenvalue weighted by Gasteiger charge is -2.32. The van der Waals surface area contributed by atoms with Crippen LogP contribution >= 0.6 is 0 Å². The molecule has 0 aliphatic carbocycles. The van der Waals surface area contributed by atoms with Crippen LogP contribution < -0.4 is 0 Å². The van der Waals surface area contributed by atoms with Crippen molar-refractivity contribution in [2.45, 2.75) is 57.2 Å². The highest BCUT2D eigenvalue weighted by molar-refractivity contribution is 6.80. The third-order valence-corrected chi connectivity index (χ3v) is 10.5. The highest BCUT2D eigenvalue weighted by Crippen LogP contribution is 2.30. The van der Waals surface area contributed by atoms with E-state index in [1.807, 2.05) is 0 Å². The number of carbonyl (C=O) groups is 1. The number of rotatable bonds is 5. The third kappa shape index (κ3) is 3.93. The van der Waals surface area contributed by atoms with E-state index in [0.29, 0.717) is 0 Å². The maximum atomic E-state index is 11.3. The van der Waals surface area contributed by atoms with E-state index in [9.17, 15) is 9.90 Å². The molecule has 17 heavy (non-hydrogen) atoms. The predicted octanol–water partition coefficient (Wildman–Crippen LogP) is 3.08. The van der Waals surface area contributed by atoms with E-state index >= 15 is 0 Å². The molecule has 0 aromatic rings. The zero-order valence-electron chi connectivity index (χ0n) is 11.9. The zero-order valence-corrected chi connectivity index (χ0v) is 13.9. The smallest absolute Gasteiger partial charge is 0.303 e. The average molecular weight is 274 g/mol. The van der Waals surface area contributed by atoms with Crippen LogP contribution in [0.15, 0.2) is 0 Å². The summed E-state index contributed by atoms with van der Waals surface area (Å²) in [6.07, 6.45) is 2.16. The van der Waals surface area contributed by atoms with E-state index in [4.69, 9.17) is 0 Å². The Labute approximate surface area is 107 Å². The molecule has 1 unspecified atom stereocenters. The Balaban J connectivity index is 2.56. The number of hydrogen-bond acceptors (Lipinski definition) is 2. The van der Waals surface area contributed by atoms with Gasteiger partial charge in [-0.2, -0.15) is 0 Å². The molecule has 0 aromatic carbocycles. The molecule has 0 bridgehead atoms. The molecule has 1 heterocycles. The predicted molar refractivity (Wildman–Crippen MR) is 77.8 cm³/mol. The van der Waals surface area contributed by atoms with Gasteiger partial charge in [-0.3, -0.25) is 4.79 Å². The highest BCUT2D eigenvalue weighted by atomic mass is 28.3. The van der Waals surface area contributed by atoms with E-state index < -0.39 is 22.3 Å². The fourth-order valence-corrected chi connectivity index (χ4v) is 7.36. The van der Waals surface area contributed by atoms with Crippen LogP contribution in [0.3, 0.4) is 0 Å². The van der Waals surface area contributed by atoms with Gasteiger partial charge in [0.2, 0.25) is 0 Å². The molecule has 1 saturated heterocycles. The van der Waals surface area contributed by atoms with Gasteiger partial charge in [-0.1, -0.05) is 32.7 Å². The summed E-state index contributed by atoms with van der Waals surface area (Å²) in [4.78, 5) is 11.3. The SMILES string of the molecule is C[Si](C)(C)C(CCN1CCC[Si]1(C)C)C(=O)O. The second-order valence-corrected chi connectivity index (χ2v) is 17.1. The van der Waals surface area contributed by atoms with Gasteiger partial charge in [0.15, 0.2) is 0 Å². The minimum atomic E-state index is -1.58. The molecule has 0 spiro atoms. The van der Waals surface area contributed by atoms with Crippen LogP contribution in [0.2, 0.25) is 44.3 Å². The molecule has 1 N–H and O–H groups in total. The van der Waals surface area contributed by atoms with Crippen LogP contribution in [0.1, 0.15) is 12.8 Å². The average Bonchev–Trinajstić information content (AvgIpc) is 2.43. The van der Waals surface area contributed by atoms with E-state index in [-0.39, 0.29) is 5.54 Å². The summed E-state index contributed by atoms with van der Waals surface area (Å²) in [5, 5.41) is 9.34. The summed E-state index contributed by atoms with van der Waals surface area (Å²) in [5.74, 6) is -0.581. The Morgan fingerprint density at radius 1 is 1.41 bits per heavy atom. The van der Waals surface area contributed by atoms with Gasteiger partial charge in [0.25, 0.3) is 0 Å². The van der Waals surface area contributed by atoms with Gasteiger partial charge in [-0.05, 0) is 32.0 Å². The lowest BCUT2D eigenvalue weighted by molar-refractivity contribution is -0.137. The fraction of sp³-hybridized carbons (Fsp3) is 0.917. The molecular formula is C12H27NO2Si2. The van der Waals surface area contributed by atoms with E-state index in [1.54, 1.807) is 0 Å². The molecule has 1 rings (SSSR count). The molecule has 0 saturated carbocycles. The van der Waals surface area contributed by atoms with E-state index in [2.05, 4.69) is 37.3 Å². The molecular weight excluding hydrogens is 246 g/mol. The zero-order chi connectivity index (χ0) is 13.3. The monoisotopic (exact) mass is 273 g/mol. The summed E-state index contributed by atoms with van der Waals surface area (Å²) in [6.45, 7) is 13.5. The van der Waals surface area contributed by atoms with Crippen molar-refractivity contribution in [2.24, 2.45) is 0 Å². The summed E-state index contributed by atoms with van der Waals surface area (Å²) in [7, 11) is -2.75. The first-order chi connectivity index (χ1) is 7.64. The number of nitrogens with zero attached hydrogens (tertiary/aromatic N) is 1. The van der Waals surface area contributed by atoms with Crippen LogP contribution in [-0.4, -0.2) is 45.0 Å². The van der Waals surface area contributed by atoms with E-state index in [0.717, 1.165) is 13.0 Å². The molecule has 0 amide bonds. The Hall–Kier alpha value is -0.136. The van der Waals surface area contributed by atoms with Crippen LogP contribution in [0.4, 0.5) is 0 Å². The van der Waals surface area contributed by atoms with Crippen LogP contribution in [0.25, 0.3) is 0 Å². The van der Waals surface area contributed by atoms with Gasteiger partial charge in [-0.15, -0.1) is 0 Å². The largest absolute Gasteiger partial charge is 0.481 e. The lowest BCUT2D eigenvalue weighted by atomic mass is 10.3. The van der Waals surface area contributed by atoms with Crippen molar-refractivity contribution >= 4 is 22.3 Å². The second-order valence-electron chi connectivity index (χ2n) is 6.95. The molecule has 0 aromatic heterocycles. The van der Waals surface area contributed by atoms with Gasteiger partial charge in [0.05, 0.1) is 13.6 Å². The Kier molecular flexibility index (Phi) is 4.60. The maximum absolute atomic E-state index is 11.3. The van der Waals surface area contributed by atoms with Crippen LogP contribution in [0.5, 0.6) is 0 Å². The molecule has 1 atom stereocenters. The summed E-state index contributed by atoms with van der Waals surface area (Å²) in [6, 6.07) is 1.37. The molecule has 3 nitrogen and oxygen atoms in total. The van der Waals surface area contributed by atoms with Crippen molar-refractivity contribution in [3.63, 3.8) is 0 Å². The topological polar surface area (TPSA) is 40.5 Å². The molecule has 100 valence electrons. The normalized spacial score (nSPS) is 22.6. The maximum Gasteiger partial charge on any atom is 0.303 e. The molecule has 1 aliphatic heterocycles.